The first kappa shape index (κ1) is 58.4. The number of benzene rings is 4. The molecule has 6 rings (SSSR count). The number of hydrogen-bond donors (Lipinski definition) is 0. The lowest BCUT2D eigenvalue weighted by atomic mass is 9.88. The van der Waals surface area contributed by atoms with Gasteiger partial charge >= 0.3 is 0 Å². The van der Waals surface area contributed by atoms with Crippen LogP contribution in [0.3, 0.4) is 0 Å². The fourth-order valence-electron chi connectivity index (χ4n) is 6.36. The van der Waals surface area contributed by atoms with E-state index in [0.29, 0.717) is 24.4 Å². The van der Waals surface area contributed by atoms with E-state index in [1.165, 1.54) is 0 Å². The Morgan fingerprint density at radius 3 is 1.18 bits per heavy atom. The van der Waals surface area contributed by atoms with E-state index < -0.39 is 8.32 Å². The van der Waals surface area contributed by atoms with Gasteiger partial charge in [0.1, 0.15) is 29.9 Å². The minimum atomic E-state index is -1.40. The fraction of sp³-hybridized carbons (Fsp3) is 0.339. The van der Waals surface area contributed by atoms with Crippen molar-refractivity contribution >= 4 is 48.0 Å². The summed E-state index contributed by atoms with van der Waals surface area (Å²) in [4.78, 5) is 43.4. The second kappa shape index (κ2) is 33.8. The van der Waals surface area contributed by atoms with Gasteiger partial charge in [-0.05, 0) is 96.6 Å². The number of rotatable bonds is 10. The maximum absolute atomic E-state index is 11.7. The molecule has 4 aromatic carbocycles. The first-order chi connectivity index (χ1) is 31.6. The topological polar surface area (TPSA) is 105 Å². The quantitative estimate of drug-likeness (QED) is 0.0670. The molecule has 2 aliphatic heterocycles. The Morgan fingerprint density at radius 1 is 0.576 bits per heavy atom. The summed E-state index contributed by atoms with van der Waals surface area (Å²) in [7, 11) is -1.52. The number of hydrogen-bond acceptors (Lipinski definition) is 8. The third-order valence-electron chi connectivity index (χ3n) is 9.66. The Hall–Kier alpha value is -5.66. The van der Waals surface area contributed by atoms with Crippen LogP contribution >= 0.6 is 0 Å². The molecule has 0 saturated carbocycles. The Balaban J connectivity index is 0.000000404. The number of ketones is 2. The molecular formula is C56H74O8Si2. The molecular weight excluding hydrogens is 857 g/mol. The summed E-state index contributed by atoms with van der Waals surface area (Å²) in [6.45, 7) is 22.3. The Bertz CT molecular complexity index is 1980. The summed E-state index contributed by atoms with van der Waals surface area (Å²) >= 11 is 0. The van der Waals surface area contributed by atoms with Crippen molar-refractivity contribution in [1.82, 2.24) is 0 Å². The third-order valence-corrected chi connectivity index (χ3v) is 10.9. The molecule has 2 aliphatic rings. The Morgan fingerprint density at radius 2 is 0.909 bits per heavy atom. The van der Waals surface area contributed by atoms with E-state index in [-0.39, 0.29) is 45.6 Å². The Kier molecular flexibility index (Phi) is 29.9. The highest BCUT2D eigenvalue weighted by atomic mass is 28.4. The summed E-state index contributed by atoms with van der Waals surface area (Å²) in [5.74, 6) is 2.48. The van der Waals surface area contributed by atoms with Gasteiger partial charge in [-0.2, -0.15) is 0 Å². The van der Waals surface area contributed by atoms with Crippen LogP contribution in [0.25, 0.3) is 0 Å². The van der Waals surface area contributed by atoms with Crippen LogP contribution in [0.2, 0.25) is 19.6 Å². The van der Waals surface area contributed by atoms with Crippen molar-refractivity contribution in [1.29, 1.82) is 0 Å². The smallest absolute Gasteiger partial charge is 0.242 e. The molecule has 6 unspecified atom stereocenters. The molecule has 10 heteroatoms. The van der Waals surface area contributed by atoms with Crippen molar-refractivity contribution < 1.29 is 37.5 Å². The van der Waals surface area contributed by atoms with Gasteiger partial charge in [-0.3, -0.25) is 19.2 Å². The molecule has 8 nitrogen and oxygen atoms in total. The molecule has 6 atom stereocenters. The monoisotopic (exact) mass is 930 g/mol. The molecule has 354 valence electrons. The Labute approximate surface area is 399 Å². The molecule has 2 saturated heterocycles. The van der Waals surface area contributed by atoms with E-state index in [4.69, 9.17) is 18.3 Å². The largest absolute Gasteiger partial charge is 0.545 e. The van der Waals surface area contributed by atoms with E-state index in [1.807, 2.05) is 189 Å². The summed E-state index contributed by atoms with van der Waals surface area (Å²) in [5, 5.41) is 0. The zero-order valence-electron chi connectivity index (χ0n) is 41.1. The molecule has 2 heterocycles. The van der Waals surface area contributed by atoms with Gasteiger partial charge in [-0.25, -0.2) is 0 Å². The van der Waals surface area contributed by atoms with Gasteiger partial charge in [-0.1, -0.05) is 154 Å². The molecule has 0 bridgehead atoms. The van der Waals surface area contributed by atoms with Gasteiger partial charge in [0.25, 0.3) is 0 Å². The van der Waals surface area contributed by atoms with Crippen molar-refractivity contribution in [3.8, 4) is 0 Å². The molecule has 0 amide bonds. The summed E-state index contributed by atoms with van der Waals surface area (Å²) < 4.78 is 22.6. The standard InChI is InChI=1S/2C13H16O2.C9H18OSi.C7H12OSi.2C7H6O/c2*1-9-8-12(14)10(2)13(15-9)11-6-4-3-5-7-11;1-6-8-9(7-2)10-11(3,4)5;1-4-6-7(5-2)8-9-3;2*8-6-7-4-2-1-3-5-7/h2*3-7,9-10,13H,8H2,1-2H3;6-8H,1-5H3;4-6,9H,3H2,1-2H3;2*1-6H/b;;8-6+,9-7-;6-4+,7-5-;;. The van der Waals surface area contributed by atoms with Gasteiger partial charge in [0, 0.05) is 35.8 Å². The van der Waals surface area contributed by atoms with Crippen molar-refractivity contribution in [3.63, 3.8) is 0 Å². The molecule has 0 radical (unpaired) electrons. The summed E-state index contributed by atoms with van der Waals surface area (Å²) in [6.07, 6.45) is 18.1. The maximum Gasteiger partial charge on any atom is 0.242 e. The van der Waals surface area contributed by atoms with Gasteiger partial charge in [0.15, 0.2) is 0 Å². The van der Waals surface area contributed by atoms with Gasteiger partial charge in [-0.15, -0.1) is 0 Å². The SMILES string of the molecule is C/C=C(/C=C/C)O[Si](C)(C)C.C=[SiH]OC(=C\C)/C=C/C.CC1CC(=O)C(C)C(c2ccccc2)O1.CC1CC(=O)C(C)C(c2ccccc2)O1.O=Cc1ccccc1.O=Cc1ccccc1. The average Bonchev–Trinajstić information content (AvgIpc) is 3.32. The number of carbonyl (C=O) groups is 4. The van der Waals surface area contributed by atoms with Crippen LogP contribution in [0.4, 0.5) is 0 Å². The maximum atomic E-state index is 11.7. The van der Waals surface area contributed by atoms with E-state index in [2.05, 4.69) is 25.8 Å². The van der Waals surface area contributed by atoms with E-state index in [0.717, 1.165) is 46.3 Å². The first-order valence-corrected chi connectivity index (χ1v) is 27.3. The van der Waals surface area contributed by atoms with Crippen LogP contribution in [0, 0.1) is 11.8 Å². The normalized spacial score (nSPS) is 20.4. The van der Waals surface area contributed by atoms with Crippen LogP contribution in [0.5, 0.6) is 0 Å². The summed E-state index contributed by atoms with van der Waals surface area (Å²) in [5.41, 5.74) is 3.66. The second-order valence-corrected chi connectivity index (χ2v) is 21.4. The lowest BCUT2D eigenvalue weighted by Crippen LogP contribution is -2.33. The summed E-state index contributed by atoms with van der Waals surface area (Å²) in [6, 6.07) is 38.2. The van der Waals surface area contributed by atoms with E-state index in [9.17, 15) is 19.2 Å². The fourth-order valence-corrected chi connectivity index (χ4v) is 7.66. The number of aldehydes is 2. The van der Waals surface area contributed by atoms with Crippen LogP contribution in [-0.4, -0.2) is 60.2 Å². The number of Topliss-reactive ketones (excluding diaryl/α,β-unsaturated/α-hetero) is 2. The average molecular weight is 931 g/mol. The predicted octanol–water partition coefficient (Wildman–Crippen LogP) is 13.1. The highest BCUT2D eigenvalue weighted by molar-refractivity contribution is 6.70. The van der Waals surface area contributed by atoms with E-state index in [1.54, 1.807) is 24.3 Å². The van der Waals surface area contributed by atoms with Crippen molar-refractivity contribution in [2.45, 2.75) is 112 Å². The van der Waals surface area contributed by atoms with Crippen molar-refractivity contribution in [3.05, 3.63) is 192 Å². The third kappa shape index (κ3) is 24.6. The van der Waals surface area contributed by atoms with Crippen LogP contribution in [0.1, 0.15) is 112 Å². The van der Waals surface area contributed by atoms with Gasteiger partial charge < -0.3 is 18.3 Å². The minimum absolute atomic E-state index is 0.0244. The zero-order chi connectivity index (χ0) is 49.3. The predicted molar refractivity (Wildman–Crippen MR) is 278 cm³/mol. The van der Waals surface area contributed by atoms with Gasteiger partial charge in [0.05, 0.1) is 30.2 Å². The molecule has 2 fully saturated rings. The van der Waals surface area contributed by atoms with Crippen LogP contribution in [0.15, 0.2) is 169 Å². The minimum Gasteiger partial charge on any atom is -0.545 e. The highest BCUT2D eigenvalue weighted by Crippen LogP contribution is 2.34. The molecule has 0 aliphatic carbocycles. The number of allylic oxidation sites excluding steroid dienone is 6. The van der Waals surface area contributed by atoms with E-state index >= 15 is 0 Å². The number of carbonyl (C=O) groups excluding carboxylic acids is 4. The highest BCUT2D eigenvalue weighted by Gasteiger charge is 2.34. The second-order valence-electron chi connectivity index (χ2n) is 16.4. The molecule has 66 heavy (non-hydrogen) atoms. The molecule has 0 aromatic heterocycles. The van der Waals surface area contributed by atoms with Gasteiger partial charge in [0.2, 0.25) is 17.7 Å². The van der Waals surface area contributed by atoms with Crippen molar-refractivity contribution in [2.75, 3.05) is 0 Å². The molecule has 4 aromatic rings. The zero-order valence-corrected chi connectivity index (χ0v) is 43.2. The molecule has 0 N–H and O–H groups in total. The number of ether oxygens (including phenoxy) is 2. The van der Waals surface area contributed by atoms with Crippen LogP contribution < -0.4 is 0 Å². The lowest BCUT2D eigenvalue weighted by molar-refractivity contribution is -0.144. The molecule has 0 spiro atoms. The lowest BCUT2D eigenvalue weighted by Gasteiger charge is -2.32. The van der Waals surface area contributed by atoms with Crippen LogP contribution in [-0.2, 0) is 27.9 Å². The van der Waals surface area contributed by atoms with Crippen molar-refractivity contribution in [2.24, 2.45) is 11.8 Å². The first-order valence-electron chi connectivity index (χ1n) is 22.6.